The first-order valence-corrected chi connectivity index (χ1v) is 7.12. The van der Waals surface area contributed by atoms with E-state index in [1.807, 2.05) is 18.2 Å². The minimum atomic E-state index is -0.539. The molecule has 0 unspecified atom stereocenters. The maximum atomic E-state index is 13.1. The normalized spacial score (nSPS) is 10.3. The summed E-state index contributed by atoms with van der Waals surface area (Å²) in [6.45, 7) is 0. The Morgan fingerprint density at radius 1 is 1.17 bits per heavy atom. The molecule has 0 aliphatic carbocycles. The van der Waals surface area contributed by atoms with Gasteiger partial charge < -0.3 is 15.2 Å². The number of carbonyl (C=O) groups excluding carboxylic acids is 1. The molecule has 116 valence electrons. The summed E-state index contributed by atoms with van der Waals surface area (Å²) in [6.07, 6.45) is 5.06. The van der Waals surface area contributed by atoms with Crippen LogP contribution in [0.25, 0.3) is 5.69 Å². The van der Waals surface area contributed by atoms with E-state index in [0.717, 1.165) is 5.69 Å². The van der Waals surface area contributed by atoms with Crippen LogP contribution >= 0.6 is 11.6 Å². The standard InChI is InChI=1S/C16H12ClFN4O/c17-12-9-11(5-6-13(12)18)20-16(23)21-14-3-1-2-4-15(14)22-8-7-19-10-22/h1-10H,(H2,20,21,23). The van der Waals surface area contributed by atoms with Crippen molar-refractivity contribution in [3.63, 3.8) is 0 Å². The molecule has 0 saturated carbocycles. The maximum absolute atomic E-state index is 13.1. The van der Waals surface area contributed by atoms with E-state index in [4.69, 9.17) is 11.6 Å². The highest BCUT2D eigenvalue weighted by atomic mass is 35.5. The molecule has 0 saturated heterocycles. The smallest absolute Gasteiger partial charge is 0.308 e. The molecule has 2 aromatic carbocycles. The van der Waals surface area contributed by atoms with Gasteiger partial charge in [-0.25, -0.2) is 14.2 Å². The number of amides is 2. The first-order chi connectivity index (χ1) is 11.1. The van der Waals surface area contributed by atoms with Crippen LogP contribution < -0.4 is 10.6 Å². The number of rotatable bonds is 3. The van der Waals surface area contributed by atoms with Gasteiger partial charge in [-0.1, -0.05) is 23.7 Å². The largest absolute Gasteiger partial charge is 0.323 e. The van der Waals surface area contributed by atoms with E-state index < -0.39 is 11.8 Å². The van der Waals surface area contributed by atoms with E-state index in [9.17, 15) is 9.18 Å². The Balaban J connectivity index is 1.77. The number of para-hydroxylation sites is 2. The van der Waals surface area contributed by atoms with Gasteiger partial charge in [-0.05, 0) is 30.3 Å². The van der Waals surface area contributed by atoms with Gasteiger partial charge in [0.05, 0.1) is 22.7 Å². The molecule has 0 radical (unpaired) electrons. The Hall–Kier alpha value is -2.86. The Kier molecular flexibility index (Phi) is 4.25. The van der Waals surface area contributed by atoms with Crippen LogP contribution in [0.2, 0.25) is 5.02 Å². The van der Waals surface area contributed by atoms with Gasteiger partial charge in [-0.3, -0.25) is 0 Å². The van der Waals surface area contributed by atoms with E-state index in [1.54, 1.807) is 29.4 Å². The summed E-state index contributed by atoms with van der Waals surface area (Å²) in [6, 6.07) is 10.8. The lowest BCUT2D eigenvalue weighted by Crippen LogP contribution is -2.20. The number of urea groups is 1. The Bertz CT molecular complexity index is 836. The average molecular weight is 331 g/mol. The summed E-state index contributed by atoms with van der Waals surface area (Å²) >= 11 is 5.69. The minimum Gasteiger partial charge on any atom is -0.308 e. The number of nitrogens with zero attached hydrogens (tertiary/aromatic N) is 2. The highest BCUT2D eigenvalue weighted by Gasteiger charge is 2.09. The topological polar surface area (TPSA) is 59.0 Å². The number of carbonyl (C=O) groups is 1. The van der Waals surface area contributed by atoms with Crippen molar-refractivity contribution in [2.75, 3.05) is 10.6 Å². The van der Waals surface area contributed by atoms with Crippen LogP contribution in [0.3, 0.4) is 0 Å². The van der Waals surface area contributed by atoms with E-state index >= 15 is 0 Å². The molecule has 1 heterocycles. The molecule has 3 aromatic rings. The third-order valence-electron chi connectivity index (χ3n) is 3.11. The van der Waals surface area contributed by atoms with Crippen molar-refractivity contribution in [2.24, 2.45) is 0 Å². The van der Waals surface area contributed by atoms with Crippen molar-refractivity contribution >= 4 is 29.0 Å². The Morgan fingerprint density at radius 2 is 2.00 bits per heavy atom. The number of hydrogen-bond donors (Lipinski definition) is 2. The van der Waals surface area contributed by atoms with Gasteiger partial charge >= 0.3 is 6.03 Å². The van der Waals surface area contributed by atoms with Crippen molar-refractivity contribution in [1.82, 2.24) is 9.55 Å². The quantitative estimate of drug-likeness (QED) is 0.751. The maximum Gasteiger partial charge on any atom is 0.323 e. The number of nitrogens with one attached hydrogen (secondary N) is 2. The molecule has 23 heavy (non-hydrogen) atoms. The summed E-state index contributed by atoms with van der Waals surface area (Å²) < 4.78 is 14.9. The molecule has 0 spiro atoms. The van der Waals surface area contributed by atoms with Crippen LogP contribution in [0.15, 0.2) is 61.2 Å². The van der Waals surface area contributed by atoms with Gasteiger partial charge in [0.25, 0.3) is 0 Å². The first kappa shape index (κ1) is 15.1. The Morgan fingerprint density at radius 3 is 2.74 bits per heavy atom. The van der Waals surface area contributed by atoms with Gasteiger partial charge in [-0.2, -0.15) is 0 Å². The monoisotopic (exact) mass is 330 g/mol. The SMILES string of the molecule is O=C(Nc1ccc(F)c(Cl)c1)Nc1ccccc1-n1ccnc1. The van der Waals surface area contributed by atoms with Gasteiger partial charge in [0.2, 0.25) is 0 Å². The third-order valence-corrected chi connectivity index (χ3v) is 3.40. The van der Waals surface area contributed by atoms with E-state index in [-0.39, 0.29) is 5.02 Å². The van der Waals surface area contributed by atoms with Crippen LogP contribution in [0.1, 0.15) is 0 Å². The van der Waals surface area contributed by atoms with Crippen LogP contribution in [-0.4, -0.2) is 15.6 Å². The third kappa shape index (κ3) is 3.49. The average Bonchev–Trinajstić information content (AvgIpc) is 3.06. The van der Waals surface area contributed by atoms with E-state index in [2.05, 4.69) is 15.6 Å². The van der Waals surface area contributed by atoms with Crippen molar-refractivity contribution in [2.45, 2.75) is 0 Å². The number of anilines is 2. The summed E-state index contributed by atoms with van der Waals surface area (Å²) in [5.41, 5.74) is 1.78. The van der Waals surface area contributed by atoms with Gasteiger partial charge in [0.15, 0.2) is 0 Å². The molecule has 3 rings (SSSR count). The highest BCUT2D eigenvalue weighted by molar-refractivity contribution is 6.31. The van der Waals surface area contributed by atoms with E-state index in [1.165, 1.54) is 18.2 Å². The van der Waals surface area contributed by atoms with Gasteiger partial charge in [-0.15, -0.1) is 0 Å². The number of aromatic nitrogens is 2. The molecule has 2 amide bonds. The van der Waals surface area contributed by atoms with Crippen molar-refractivity contribution in [3.8, 4) is 5.69 Å². The molecule has 5 nitrogen and oxygen atoms in total. The molecule has 0 atom stereocenters. The number of halogens is 2. The molecule has 0 fully saturated rings. The number of hydrogen-bond acceptors (Lipinski definition) is 2. The summed E-state index contributed by atoms with van der Waals surface area (Å²) in [4.78, 5) is 16.1. The molecule has 7 heteroatoms. The second kappa shape index (κ2) is 6.50. The predicted octanol–water partition coefficient (Wildman–Crippen LogP) is 4.31. The fourth-order valence-electron chi connectivity index (χ4n) is 2.06. The molecule has 2 N–H and O–H groups in total. The molecule has 1 aromatic heterocycles. The predicted molar refractivity (Wildman–Crippen MR) is 87.6 cm³/mol. The van der Waals surface area contributed by atoms with Crippen LogP contribution in [0.4, 0.5) is 20.6 Å². The molecule has 0 aliphatic heterocycles. The fraction of sp³-hybridized carbons (Fsp3) is 0. The zero-order valence-corrected chi connectivity index (χ0v) is 12.6. The van der Waals surface area contributed by atoms with Crippen molar-refractivity contribution in [1.29, 1.82) is 0 Å². The molecule has 0 aliphatic rings. The summed E-state index contributed by atoms with van der Waals surface area (Å²) in [5, 5.41) is 5.30. The number of benzene rings is 2. The fourth-order valence-corrected chi connectivity index (χ4v) is 2.25. The summed E-state index contributed by atoms with van der Waals surface area (Å²) in [7, 11) is 0. The zero-order chi connectivity index (χ0) is 16.2. The lowest BCUT2D eigenvalue weighted by molar-refractivity contribution is 0.262. The first-order valence-electron chi connectivity index (χ1n) is 6.74. The van der Waals surface area contributed by atoms with E-state index in [0.29, 0.717) is 11.4 Å². The van der Waals surface area contributed by atoms with Crippen LogP contribution in [0, 0.1) is 5.82 Å². The molecule has 0 bridgehead atoms. The second-order valence-corrected chi connectivity index (χ2v) is 5.10. The summed E-state index contributed by atoms with van der Waals surface area (Å²) in [5.74, 6) is -0.539. The van der Waals surface area contributed by atoms with Crippen LogP contribution in [0.5, 0.6) is 0 Å². The number of imidazole rings is 1. The van der Waals surface area contributed by atoms with Crippen molar-refractivity contribution in [3.05, 3.63) is 72.0 Å². The lowest BCUT2D eigenvalue weighted by Gasteiger charge is -2.12. The second-order valence-electron chi connectivity index (χ2n) is 4.70. The van der Waals surface area contributed by atoms with Crippen LogP contribution in [-0.2, 0) is 0 Å². The van der Waals surface area contributed by atoms with Gasteiger partial charge in [0, 0.05) is 18.1 Å². The van der Waals surface area contributed by atoms with Crippen molar-refractivity contribution < 1.29 is 9.18 Å². The van der Waals surface area contributed by atoms with Gasteiger partial charge in [0.1, 0.15) is 5.82 Å². The Labute approximate surface area is 136 Å². The minimum absolute atomic E-state index is 0.0541. The lowest BCUT2D eigenvalue weighted by atomic mass is 10.2. The highest BCUT2D eigenvalue weighted by Crippen LogP contribution is 2.21. The molecular formula is C16H12ClFN4O. The molecular weight excluding hydrogens is 319 g/mol. The zero-order valence-electron chi connectivity index (χ0n) is 11.8.